The number of hydrogen-bond donors (Lipinski definition) is 1. The van der Waals surface area contributed by atoms with Gasteiger partial charge in [-0.1, -0.05) is 18.2 Å². The number of fused-ring (bicyclic) bond motifs is 1. The highest BCUT2D eigenvalue weighted by Crippen LogP contribution is 2.32. The Morgan fingerprint density at radius 1 is 1.03 bits per heavy atom. The predicted octanol–water partition coefficient (Wildman–Crippen LogP) is 4.82. The van der Waals surface area contributed by atoms with E-state index < -0.39 is 0 Å². The zero-order chi connectivity index (χ0) is 20.4. The van der Waals surface area contributed by atoms with Crippen molar-refractivity contribution in [3.63, 3.8) is 0 Å². The van der Waals surface area contributed by atoms with Gasteiger partial charge in [-0.05, 0) is 48.5 Å². The van der Waals surface area contributed by atoms with Gasteiger partial charge in [-0.2, -0.15) is 0 Å². The third-order valence-corrected chi connectivity index (χ3v) is 4.61. The van der Waals surface area contributed by atoms with Crippen molar-refractivity contribution in [3.8, 4) is 17.2 Å². The fourth-order valence-corrected chi connectivity index (χ4v) is 3.05. The number of aromatic nitrogens is 1. The minimum atomic E-state index is -0.221. The Hall–Kier alpha value is -3.80. The maximum Gasteiger partial charge on any atom is 0.255 e. The first kappa shape index (κ1) is 18.6. The van der Waals surface area contributed by atoms with Crippen molar-refractivity contribution in [2.45, 2.75) is 0 Å². The standard InChI is InChI=1S/C23H21N3O3/c1-26(2)17-8-6-7-15(13-17)22(27)24-19-14-16(11-12-20(19)28-3)23-25-18-9-4-5-10-21(18)29-23/h4-14H,1-3H3,(H,24,27). The molecule has 3 aromatic carbocycles. The first-order valence-electron chi connectivity index (χ1n) is 9.18. The molecule has 0 spiro atoms. The van der Waals surface area contributed by atoms with Crippen LogP contribution in [0.2, 0.25) is 0 Å². The Kier molecular flexibility index (Phi) is 4.91. The molecule has 4 aromatic rings. The zero-order valence-corrected chi connectivity index (χ0v) is 16.5. The monoisotopic (exact) mass is 387 g/mol. The summed E-state index contributed by atoms with van der Waals surface area (Å²) in [6, 6.07) is 20.4. The molecule has 0 aliphatic heterocycles. The van der Waals surface area contributed by atoms with Gasteiger partial charge < -0.3 is 19.4 Å². The van der Waals surface area contributed by atoms with Gasteiger partial charge in [0.2, 0.25) is 5.89 Å². The summed E-state index contributed by atoms with van der Waals surface area (Å²) in [5.41, 5.74) is 4.30. The molecule has 0 radical (unpaired) electrons. The molecule has 0 bridgehead atoms. The summed E-state index contributed by atoms with van der Waals surface area (Å²) in [4.78, 5) is 19.3. The van der Waals surface area contributed by atoms with Gasteiger partial charge in [0, 0.05) is 30.9 Å². The molecule has 0 saturated carbocycles. The molecule has 1 amide bonds. The molecular formula is C23H21N3O3. The van der Waals surface area contributed by atoms with Gasteiger partial charge >= 0.3 is 0 Å². The SMILES string of the molecule is COc1ccc(-c2nc3ccccc3o2)cc1NC(=O)c1cccc(N(C)C)c1. The number of benzene rings is 3. The van der Waals surface area contributed by atoms with E-state index in [2.05, 4.69) is 10.3 Å². The summed E-state index contributed by atoms with van der Waals surface area (Å²) < 4.78 is 11.3. The van der Waals surface area contributed by atoms with Crippen molar-refractivity contribution in [2.75, 3.05) is 31.4 Å². The van der Waals surface area contributed by atoms with Crippen LogP contribution in [0.3, 0.4) is 0 Å². The highest BCUT2D eigenvalue weighted by molar-refractivity contribution is 6.05. The normalized spacial score (nSPS) is 10.7. The van der Waals surface area contributed by atoms with E-state index in [1.165, 1.54) is 0 Å². The lowest BCUT2D eigenvalue weighted by Crippen LogP contribution is -2.14. The molecule has 29 heavy (non-hydrogen) atoms. The number of nitrogens with one attached hydrogen (secondary N) is 1. The number of rotatable bonds is 5. The number of carbonyl (C=O) groups excluding carboxylic acids is 1. The van der Waals surface area contributed by atoms with Crippen molar-refractivity contribution in [2.24, 2.45) is 0 Å². The Bertz CT molecular complexity index is 1150. The predicted molar refractivity (Wildman–Crippen MR) is 115 cm³/mol. The number of nitrogens with zero attached hydrogens (tertiary/aromatic N) is 2. The summed E-state index contributed by atoms with van der Waals surface area (Å²) in [5.74, 6) is 0.822. The topological polar surface area (TPSA) is 67.6 Å². The Labute approximate surface area is 168 Å². The summed E-state index contributed by atoms with van der Waals surface area (Å²) in [6.07, 6.45) is 0. The molecule has 0 fully saturated rings. The molecule has 4 rings (SSSR count). The third kappa shape index (κ3) is 3.78. The lowest BCUT2D eigenvalue weighted by Gasteiger charge is -2.14. The third-order valence-electron chi connectivity index (χ3n) is 4.61. The Morgan fingerprint density at radius 3 is 2.62 bits per heavy atom. The first-order chi connectivity index (χ1) is 14.0. The smallest absolute Gasteiger partial charge is 0.255 e. The van der Waals surface area contributed by atoms with E-state index in [-0.39, 0.29) is 5.91 Å². The number of methoxy groups -OCH3 is 1. The van der Waals surface area contributed by atoms with Gasteiger partial charge in [-0.3, -0.25) is 4.79 Å². The molecule has 1 aromatic heterocycles. The molecule has 6 heteroatoms. The fraction of sp³-hybridized carbons (Fsp3) is 0.130. The molecule has 0 saturated heterocycles. The van der Waals surface area contributed by atoms with Gasteiger partial charge in [-0.25, -0.2) is 4.98 Å². The second-order valence-electron chi connectivity index (χ2n) is 6.80. The number of oxazole rings is 1. The van der Waals surface area contributed by atoms with Crippen LogP contribution in [0.5, 0.6) is 5.75 Å². The molecule has 1 N–H and O–H groups in total. The second-order valence-corrected chi connectivity index (χ2v) is 6.80. The van der Waals surface area contributed by atoms with E-state index in [0.29, 0.717) is 28.5 Å². The molecule has 1 heterocycles. The maximum atomic E-state index is 12.8. The van der Waals surface area contributed by atoms with Crippen LogP contribution in [0.15, 0.2) is 71.1 Å². The fourth-order valence-electron chi connectivity index (χ4n) is 3.05. The summed E-state index contributed by atoms with van der Waals surface area (Å²) in [5, 5.41) is 2.94. The minimum absolute atomic E-state index is 0.221. The van der Waals surface area contributed by atoms with Crippen molar-refractivity contribution in [1.29, 1.82) is 0 Å². The van der Waals surface area contributed by atoms with E-state index in [1.807, 2.05) is 67.5 Å². The van der Waals surface area contributed by atoms with Crippen molar-refractivity contribution < 1.29 is 13.9 Å². The quantitative estimate of drug-likeness (QED) is 0.532. The van der Waals surface area contributed by atoms with Crippen LogP contribution >= 0.6 is 0 Å². The van der Waals surface area contributed by atoms with Gasteiger partial charge in [0.1, 0.15) is 11.3 Å². The average Bonchev–Trinajstić information content (AvgIpc) is 3.18. The highest BCUT2D eigenvalue weighted by Gasteiger charge is 2.14. The van der Waals surface area contributed by atoms with Crippen molar-refractivity contribution in [1.82, 2.24) is 4.98 Å². The Morgan fingerprint density at radius 2 is 1.86 bits per heavy atom. The van der Waals surface area contributed by atoms with E-state index in [4.69, 9.17) is 9.15 Å². The molecule has 0 atom stereocenters. The van der Waals surface area contributed by atoms with Crippen LogP contribution in [0.25, 0.3) is 22.6 Å². The summed E-state index contributed by atoms with van der Waals surface area (Å²) in [6.45, 7) is 0. The van der Waals surface area contributed by atoms with Crippen molar-refractivity contribution >= 4 is 28.4 Å². The van der Waals surface area contributed by atoms with E-state index in [0.717, 1.165) is 16.8 Å². The summed E-state index contributed by atoms with van der Waals surface area (Å²) >= 11 is 0. The lowest BCUT2D eigenvalue weighted by molar-refractivity contribution is 0.102. The van der Waals surface area contributed by atoms with Gasteiger partial charge in [0.15, 0.2) is 5.58 Å². The number of amides is 1. The van der Waals surface area contributed by atoms with Gasteiger partial charge in [0.25, 0.3) is 5.91 Å². The van der Waals surface area contributed by atoms with Gasteiger partial charge in [0.05, 0.1) is 12.8 Å². The zero-order valence-electron chi connectivity index (χ0n) is 16.5. The number of ether oxygens (including phenoxy) is 1. The first-order valence-corrected chi connectivity index (χ1v) is 9.18. The van der Waals surface area contributed by atoms with Crippen LogP contribution in [0.4, 0.5) is 11.4 Å². The number of carbonyl (C=O) groups is 1. The van der Waals surface area contributed by atoms with Crippen molar-refractivity contribution in [3.05, 3.63) is 72.3 Å². The largest absolute Gasteiger partial charge is 0.495 e. The number of anilines is 2. The van der Waals surface area contributed by atoms with E-state index in [1.54, 1.807) is 25.3 Å². The average molecular weight is 387 g/mol. The molecule has 0 aliphatic carbocycles. The van der Waals surface area contributed by atoms with Crippen LogP contribution in [0, 0.1) is 0 Å². The molecule has 0 unspecified atom stereocenters. The van der Waals surface area contributed by atoms with Crippen LogP contribution in [-0.2, 0) is 0 Å². The molecule has 0 aliphatic rings. The second kappa shape index (κ2) is 7.67. The Balaban J connectivity index is 1.66. The highest BCUT2D eigenvalue weighted by atomic mass is 16.5. The molecule has 146 valence electrons. The van der Waals surface area contributed by atoms with Crippen LogP contribution in [-0.4, -0.2) is 32.1 Å². The minimum Gasteiger partial charge on any atom is -0.495 e. The van der Waals surface area contributed by atoms with Crippen LogP contribution < -0.4 is 15.0 Å². The number of hydrogen-bond acceptors (Lipinski definition) is 5. The van der Waals surface area contributed by atoms with E-state index >= 15 is 0 Å². The van der Waals surface area contributed by atoms with Crippen LogP contribution in [0.1, 0.15) is 10.4 Å². The van der Waals surface area contributed by atoms with Gasteiger partial charge in [-0.15, -0.1) is 0 Å². The maximum absolute atomic E-state index is 12.8. The molecular weight excluding hydrogens is 366 g/mol. The van der Waals surface area contributed by atoms with E-state index in [9.17, 15) is 4.79 Å². The summed E-state index contributed by atoms with van der Waals surface area (Å²) in [7, 11) is 5.43. The number of para-hydroxylation sites is 2. The molecule has 6 nitrogen and oxygen atoms in total. The lowest BCUT2D eigenvalue weighted by atomic mass is 10.1.